The fourth-order valence-electron chi connectivity index (χ4n) is 6.64. The maximum atomic E-state index is 14.0. The van der Waals surface area contributed by atoms with E-state index in [9.17, 15) is 14.4 Å². The molecule has 1 spiro atoms. The average Bonchev–Trinajstić information content (AvgIpc) is 3.45. The van der Waals surface area contributed by atoms with Crippen molar-refractivity contribution in [1.82, 2.24) is 14.9 Å². The second-order valence-electron chi connectivity index (χ2n) is 16.3. The number of likely N-dealkylation sites (N-methyl/N-ethyl adjacent to an activating group) is 1. The Morgan fingerprint density at radius 3 is 1.68 bits per heavy atom. The van der Waals surface area contributed by atoms with Gasteiger partial charge >= 0.3 is 17.9 Å². The molecule has 0 atom stereocenters. The first kappa shape index (κ1) is 38.2. The summed E-state index contributed by atoms with van der Waals surface area (Å²) in [6.45, 7) is 13.3. The van der Waals surface area contributed by atoms with Gasteiger partial charge in [0.15, 0.2) is 5.60 Å². The zero-order valence-corrected chi connectivity index (χ0v) is 32.8. The van der Waals surface area contributed by atoms with Crippen molar-refractivity contribution >= 4 is 23.6 Å². The fraction of sp³-hybridized carbons (Fsp3) is 0.311. The van der Waals surface area contributed by atoms with E-state index < -0.39 is 34.3 Å². The average molecular weight is 755 g/mol. The van der Waals surface area contributed by atoms with Crippen molar-refractivity contribution in [3.8, 4) is 23.0 Å². The van der Waals surface area contributed by atoms with Crippen molar-refractivity contribution in [2.45, 2.75) is 60.2 Å². The van der Waals surface area contributed by atoms with Crippen LogP contribution in [0.1, 0.15) is 80.0 Å². The number of aromatic nitrogens is 2. The number of rotatable bonds is 10. The first-order chi connectivity index (χ1) is 26.6. The lowest BCUT2D eigenvalue weighted by molar-refractivity contribution is -0.143. The number of fused-ring (bicyclic) bond motifs is 6. The number of hydrogen-bond donors (Lipinski definition) is 0. The molecule has 0 aliphatic carbocycles. The van der Waals surface area contributed by atoms with Gasteiger partial charge in [-0.3, -0.25) is 24.5 Å². The van der Waals surface area contributed by atoms with Crippen LogP contribution in [-0.4, -0.2) is 52.9 Å². The summed E-state index contributed by atoms with van der Waals surface area (Å²) in [5.41, 5.74) is 2.08. The third-order valence-corrected chi connectivity index (χ3v) is 9.79. The van der Waals surface area contributed by atoms with Crippen LogP contribution in [0.15, 0.2) is 103 Å². The summed E-state index contributed by atoms with van der Waals surface area (Å²) in [5, 5.41) is 0. The van der Waals surface area contributed by atoms with Crippen molar-refractivity contribution in [2.75, 3.05) is 25.0 Å². The van der Waals surface area contributed by atoms with Crippen molar-refractivity contribution in [3.63, 3.8) is 0 Å². The monoisotopic (exact) mass is 754 g/mol. The van der Waals surface area contributed by atoms with Crippen LogP contribution < -0.4 is 19.1 Å². The summed E-state index contributed by atoms with van der Waals surface area (Å²) in [5.74, 6) is -0.0975. The predicted molar refractivity (Wildman–Crippen MR) is 211 cm³/mol. The van der Waals surface area contributed by atoms with Crippen molar-refractivity contribution < 1.29 is 33.3 Å². The molecule has 0 saturated heterocycles. The van der Waals surface area contributed by atoms with Crippen molar-refractivity contribution in [1.29, 1.82) is 0 Å². The number of benzene rings is 3. The molecule has 0 fully saturated rings. The third kappa shape index (κ3) is 7.72. The predicted octanol–water partition coefficient (Wildman–Crippen LogP) is 8.09. The maximum absolute atomic E-state index is 14.0. The smallest absolute Gasteiger partial charge is 0.340 e. The van der Waals surface area contributed by atoms with Gasteiger partial charge in [-0.05, 0) is 102 Å². The molecule has 0 N–H and O–H groups in total. The van der Waals surface area contributed by atoms with Gasteiger partial charge in [0.05, 0.1) is 27.8 Å². The highest BCUT2D eigenvalue weighted by Crippen LogP contribution is 2.57. The van der Waals surface area contributed by atoms with E-state index in [1.165, 1.54) is 0 Å². The van der Waals surface area contributed by atoms with Crippen LogP contribution in [-0.2, 0) is 33.0 Å². The van der Waals surface area contributed by atoms with Gasteiger partial charge < -0.3 is 23.8 Å². The minimum atomic E-state index is -1.40. The topological polar surface area (TPSA) is 120 Å². The quantitative estimate of drug-likeness (QED) is 0.102. The van der Waals surface area contributed by atoms with Gasteiger partial charge in [0.25, 0.3) is 0 Å². The number of pyridine rings is 2. The Hall–Kier alpha value is -6.07. The molecule has 11 nitrogen and oxygen atoms in total. The molecule has 3 aromatic carbocycles. The van der Waals surface area contributed by atoms with Crippen LogP contribution in [0.3, 0.4) is 0 Å². The third-order valence-electron chi connectivity index (χ3n) is 9.79. The molecule has 2 aliphatic rings. The first-order valence-electron chi connectivity index (χ1n) is 18.6. The van der Waals surface area contributed by atoms with E-state index in [1.54, 1.807) is 90.3 Å². The summed E-state index contributed by atoms with van der Waals surface area (Å²) in [6.07, 6.45) is 3.60. The molecule has 7 rings (SSSR count). The molecule has 0 amide bonds. The molecular weight excluding hydrogens is 709 g/mol. The lowest BCUT2D eigenvalue weighted by Crippen LogP contribution is -2.34. The first-order valence-corrected chi connectivity index (χ1v) is 18.6. The van der Waals surface area contributed by atoms with E-state index >= 15 is 0 Å². The summed E-state index contributed by atoms with van der Waals surface area (Å²) in [6, 6.07) is 27.7. The van der Waals surface area contributed by atoms with Gasteiger partial charge in [-0.25, -0.2) is 4.79 Å². The van der Waals surface area contributed by atoms with Crippen LogP contribution in [0, 0.1) is 10.8 Å². The Morgan fingerprint density at radius 1 is 0.679 bits per heavy atom. The van der Waals surface area contributed by atoms with E-state index in [1.807, 2.05) is 61.6 Å². The molecular formula is C45H46N4O7. The van der Waals surface area contributed by atoms with Crippen LogP contribution in [0.25, 0.3) is 0 Å². The highest BCUT2D eigenvalue weighted by atomic mass is 16.6. The molecule has 0 saturated carbocycles. The van der Waals surface area contributed by atoms with Crippen LogP contribution in [0.5, 0.6) is 23.0 Å². The number of carbonyl (C=O) groups is 3. The highest BCUT2D eigenvalue weighted by molar-refractivity contribution is 5.98. The summed E-state index contributed by atoms with van der Waals surface area (Å²) in [4.78, 5) is 53.2. The second-order valence-corrected chi connectivity index (χ2v) is 16.3. The van der Waals surface area contributed by atoms with Crippen molar-refractivity contribution in [3.05, 3.63) is 137 Å². The minimum absolute atomic E-state index is 0.277. The molecule has 0 unspecified atom stereocenters. The Balaban J connectivity index is 1.22. The molecule has 11 heteroatoms. The highest BCUT2D eigenvalue weighted by Gasteiger charge is 2.54. The van der Waals surface area contributed by atoms with E-state index in [0.29, 0.717) is 59.9 Å². The zero-order valence-electron chi connectivity index (χ0n) is 32.8. The molecule has 56 heavy (non-hydrogen) atoms. The van der Waals surface area contributed by atoms with Gasteiger partial charge in [0.2, 0.25) is 0 Å². The molecule has 4 heterocycles. The maximum Gasteiger partial charge on any atom is 0.340 e. The number of esters is 3. The number of ether oxygens (including phenoxy) is 4. The van der Waals surface area contributed by atoms with Gasteiger partial charge in [0.1, 0.15) is 23.0 Å². The molecule has 0 radical (unpaired) electrons. The van der Waals surface area contributed by atoms with Gasteiger partial charge in [-0.15, -0.1) is 0 Å². The van der Waals surface area contributed by atoms with Gasteiger partial charge in [0, 0.05) is 80.1 Å². The Kier molecular flexibility index (Phi) is 10.2. The number of hydrogen-bond acceptors (Lipinski definition) is 11. The van der Waals surface area contributed by atoms with Gasteiger partial charge in [-0.2, -0.15) is 0 Å². The summed E-state index contributed by atoms with van der Waals surface area (Å²) < 4.78 is 24.3. The molecule has 5 aromatic rings. The molecule has 0 bridgehead atoms. The molecule has 2 aliphatic heterocycles. The van der Waals surface area contributed by atoms with E-state index in [-0.39, 0.29) is 11.5 Å². The lowest BCUT2D eigenvalue weighted by Gasteiger charge is -2.37. The number of carbonyl (C=O) groups excluding carboxylic acids is 3. The summed E-state index contributed by atoms with van der Waals surface area (Å²) >= 11 is 0. The zero-order chi connectivity index (χ0) is 39.8. The lowest BCUT2D eigenvalue weighted by atomic mass is 9.77. The van der Waals surface area contributed by atoms with Crippen LogP contribution in [0.2, 0.25) is 0 Å². The standard InChI is InChI=1S/C45H46N4O7/c1-43(2,3)41(51)53-32-15-18-36-38(25-32)55-39-26-33(54-42(52)44(4,5)6)16-19-37(39)45(36)35-17-14-31(24-34(35)40(50)56-45)48(7)22-23-49(27-29-12-8-10-20-46-29)28-30-13-9-11-21-47-30/h8-21,24-26H,22-23,27-28H2,1-7H3. The number of nitrogens with zero attached hydrogens (tertiary/aromatic N) is 4. The fourth-order valence-corrected chi connectivity index (χ4v) is 6.64. The van der Waals surface area contributed by atoms with E-state index in [0.717, 1.165) is 17.1 Å². The summed E-state index contributed by atoms with van der Waals surface area (Å²) in [7, 11) is 2.00. The largest absolute Gasteiger partial charge is 0.456 e. The van der Waals surface area contributed by atoms with E-state index in [4.69, 9.17) is 18.9 Å². The van der Waals surface area contributed by atoms with Crippen molar-refractivity contribution in [2.24, 2.45) is 10.8 Å². The van der Waals surface area contributed by atoms with Gasteiger partial charge in [-0.1, -0.05) is 18.2 Å². The van der Waals surface area contributed by atoms with Crippen LogP contribution in [0.4, 0.5) is 5.69 Å². The second kappa shape index (κ2) is 14.9. The molecule has 2 aromatic heterocycles. The van der Waals surface area contributed by atoms with E-state index in [2.05, 4.69) is 19.8 Å². The minimum Gasteiger partial charge on any atom is -0.456 e. The Labute approximate surface area is 327 Å². The molecule has 288 valence electrons. The normalized spacial score (nSPS) is 14.0. The number of anilines is 1. The van der Waals surface area contributed by atoms with Crippen LogP contribution >= 0.6 is 0 Å². The Bertz CT molecular complexity index is 2160. The SMILES string of the molecule is CN(CCN(Cc1ccccn1)Cc1ccccn1)c1ccc2c(c1)C(=O)OC21c2ccc(OC(=O)C(C)(C)C)cc2Oc2cc(OC(=O)C(C)(C)C)ccc21. The Morgan fingerprint density at radius 2 is 1.20 bits per heavy atom.